The first-order chi connectivity index (χ1) is 8.65. The Bertz CT molecular complexity index is 585. The van der Waals surface area contributed by atoms with Crippen LogP contribution in [-0.2, 0) is 10.0 Å². The highest BCUT2D eigenvalue weighted by Crippen LogP contribution is 2.21. The SMILES string of the molecule is CC(C)C(C)NS(=O)(=O)c1ccc(C(N)=S)c(Cl)c1. The van der Waals surface area contributed by atoms with E-state index < -0.39 is 10.0 Å². The van der Waals surface area contributed by atoms with Crippen molar-refractivity contribution in [1.82, 2.24) is 4.72 Å². The van der Waals surface area contributed by atoms with E-state index >= 15 is 0 Å². The molecule has 0 saturated heterocycles. The second-order valence-electron chi connectivity index (χ2n) is 4.66. The summed E-state index contributed by atoms with van der Waals surface area (Å²) in [5.74, 6) is 0.195. The molecule has 0 radical (unpaired) electrons. The molecule has 1 rings (SSSR count). The van der Waals surface area contributed by atoms with Crippen molar-refractivity contribution in [2.45, 2.75) is 31.7 Å². The molecule has 0 aliphatic carbocycles. The fourth-order valence-electron chi connectivity index (χ4n) is 1.31. The van der Waals surface area contributed by atoms with Gasteiger partial charge in [-0.2, -0.15) is 0 Å². The molecule has 0 aliphatic heterocycles. The molecular formula is C12H17ClN2O2S2. The average Bonchev–Trinajstić information content (AvgIpc) is 2.27. The third kappa shape index (κ3) is 4.14. The highest BCUT2D eigenvalue weighted by molar-refractivity contribution is 7.89. The van der Waals surface area contributed by atoms with Crippen LogP contribution in [-0.4, -0.2) is 19.4 Å². The zero-order valence-electron chi connectivity index (χ0n) is 11.0. The number of hydrogen-bond donors (Lipinski definition) is 2. The number of halogens is 1. The van der Waals surface area contributed by atoms with Gasteiger partial charge in [-0.05, 0) is 31.0 Å². The van der Waals surface area contributed by atoms with Crippen LogP contribution in [0, 0.1) is 5.92 Å². The highest BCUT2D eigenvalue weighted by Gasteiger charge is 2.20. The van der Waals surface area contributed by atoms with Crippen LogP contribution in [0.25, 0.3) is 0 Å². The molecule has 0 bridgehead atoms. The van der Waals surface area contributed by atoms with Gasteiger partial charge in [0.25, 0.3) is 0 Å². The van der Waals surface area contributed by atoms with Crippen molar-refractivity contribution < 1.29 is 8.42 Å². The fraction of sp³-hybridized carbons (Fsp3) is 0.417. The Hall–Kier alpha value is -0.690. The summed E-state index contributed by atoms with van der Waals surface area (Å²) in [5.41, 5.74) is 5.94. The number of nitrogens with two attached hydrogens (primary N) is 1. The number of nitrogens with one attached hydrogen (secondary N) is 1. The fourth-order valence-corrected chi connectivity index (χ4v) is 3.31. The summed E-state index contributed by atoms with van der Waals surface area (Å²) in [6, 6.07) is 4.14. The minimum atomic E-state index is -3.59. The molecule has 4 nitrogen and oxygen atoms in total. The zero-order chi connectivity index (χ0) is 14.8. The standard InChI is InChI=1S/C12H17ClN2O2S2/c1-7(2)8(3)15-19(16,17)9-4-5-10(12(14)18)11(13)6-9/h4-8,15H,1-3H3,(H2,14,18). The third-order valence-electron chi connectivity index (χ3n) is 2.86. The first kappa shape index (κ1) is 16.4. The molecule has 0 aromatic heterocycles. The highest BCUT2D eigenvalue weighted by atomic mass is 35.5. The Balaban J connectivity index is 3.10. The molecule has 0 heterocycles. The molecule has 1 atom stereocenters. The number of thiocarbonyl (C=S) groups is 1. The topological polar surface area (TPSA) is 72.2 Å². The second kappa shape index (κ2) is 6.17. The Morgan fingerprint density at radius 3 is 2.37 bits per heavy atom. The van der Waals surface area contributed by atoms with Crippen molar-refractivity contribution in [3.8, 4) is 0 Å². The van der Waals surface area contributed by atoms with E-state index in [1.165, 1.54) is 18.2 Å². The van der Waals surface area contributed by atoms with E-state index in [-0.39, 0.29) is 26.9 Å². The maximum atomic E-state index is 12.1. The summed E-state index contributed by atoms with van der Waals surface area (Å²) >= 11 is 10.8. The van der Waals surface area contributed by atoms with Crippen molar-refractivity contribution in [2.75, 3.05) is 0 Å². The van der Waals surface area contributed by atoms with Crippen LogP contribution in [0.1, 0.15) is 26.3 Å². The average molecular weight is 321 g/mol. The van der Waals surface area contributed by atoms with Gasteiger partial charge in [-0.1, -0.05) is 37.7 Å². The van der Waals surface area contributed by atoms with Crippen molar-refractivity contribution in [1.29, 1.82) is 0 Å². The summed E-state index contributed by atoms with van der Waals surface area (Å²) in [7, 11) is -3.59. The maximum absolute atomic E-state index is 12.1. The van der Waals surface area contributed by atoms with E-state index in [1.807, 2.05) is 20.8 Å². The predicted molar refractivity (Wildman–Crippen MR) is 82.0 cm³/mol. The Kier molecular flexibility index (Phi) is 5.32. The van der Waals surface area contributed by atoms with E-state index in [4.69, 9.17) is 29.6 Å². The van der Waals surface area contributed by atoms with Crippen LogP contribution in [0.2, 0.25) is 5.02 Å². The molecule has 7 heteroatoms. The zero-order valence-corrected chi connectivity index (χ0v) is 13.4. The van der Waals surface area contributed by atoms with Crippen LogP contribution in [0.5, 0.6) is 0 Å². The summed E-state index contributed by atoms with van der Waals surface area (Å²) in [5, 5.41) is 0.229. The molecule has 0 amide bonds. The van der Waals surface area contributed by atoms with Crippen LogP contribution in [0.4, 0.5) is 0 Å². The lowest BCUT2D eigenvalue weighted by molar-refractivity contribution is 0.476. The van der Waals surface area contributed by atoms with Gasteiger partial charge in [-0.25, -0.2) is 13.1 Å². The summed E-state index contributed by atoms with van der Waals surface area (Å²) in [6.45, 7) is 5.69. The van der Waals surface area contributed by atoms with E-state index in [9.17, 15) is 8.42 Å². The normalized spacial score (nSPS) is 13.5. The van der Waals surface area contributed by atoms with Gasteiger partial charge in [-0.3, -0.25) is 0 Å². The Morgan fingerprint density at radius 2 is 1.95 bits per heavy atom. The van der Waals surface area contributed by atoms with E-state index in [2.05, 4.69) is 4.72 Å². The van der Waals surface area contributed by atoms with Gasteiger partial charge < -0.3 is 5.73 Å². The number of rotatable bonds is 5. The first-order valence-electron chi connectivity index (χ1n) is 5.77. The van der Waals surface area contributed by atoms with E-state index in [0.717, 1.165) is 0 Å². The number of benzene rings is 1. The van der Waals surface area contributed by atoms with Crippen LogP contribution in [0.15, 0.2) is 23.1 Å². The van der Waals surface area contributed by atoms with Crippen LogP contribution >= 0.6 is 23.8 Å². The first-order valence-corrected chi connectivity index (χ1v) is 8.03. The molecule has 1 unspecified atom stereocenters. The molecule has 1 aromatic carbocycles. The molecule has 19 heavy (non-hydrogen) atoms. The quantitative estimate of drug-likeness (QED) is 0.817. The molecule has 0 spiro atoms. The monoisotopic (exact) mass is 320 g/mol. The summed E-state index contributed by atoms with van der Waals surface area (Å²) in [4.78, 5) is 0.238. The van der Waals surface area contributed by atoms with Gasteiger partial charge in [-0.15, -0.1) is 0 Å². The van der Waals surface area contributed by atoms with Crippen LogP contribution in [0.3, 0.4) is 0 Å². The molecule has 0 saturated carbocycles. The molecule has 0 aliphatic rings. The molecular weight excluding hydrogens is 304 g/mol. The van der Waals surface area contributed by atoms with Crippen molar-refractivity contribution in [2.24, 2.45) is 11.7 Å². The molecule has 0 fully saturated rings. The van der Waals surface area contributed by atoms with Gasteiger partial charge in [0.15, 0.2) is 0 Å². The predicted octanol–water partition coefficient (Wildman–Crippen LogP) is 2.30. The molecule has 106 valence electrons. The third-order valence-corrected chi connectivity index (χ3v) is 4.95. The minimum Gasteiger partial charge on any atom is -0.389 e. The van der Waals surface area contributed by atoms with Gasteiger partial charge in [0, 0.05) is 11.6 Å². The second-order valence-corrected chi connectivity index (χ2v) is 7.22. The van der Waals surface area contributed by atoms with E-state index in [1.54, 1.807) is 0 Å². The molecule has 3 N–H and O–H groups in total. The largest absolute Gasteiger partial charge is 0.389 e. The minimum absolute atomic E-state index is 0.102. The Labute approximate surface area is 124 Å². The smallest absolute Gasteiger partial charge is 0.240 e. The lowest BCUT2D eigenvalue weighted by Gasteiger charge is -2.17. The Morgan fingerprint density at radius 1 is 1.37 bits per heavy atom. The summed E-state index contributed by atoms with van der Waals surface area (Å²) in [6.07, 6.45) is 0. The van der Waals surface area contributed by atoms with E-state index in [0.29, 0.717) is 5.56 Å². The van der Waals surface area contributed by atoms with Gasteiger partial charge in [0.1, 0.15) is 4.99 Å². The van der Waals surface area contributed by atoms with Gasteiger partial charge in [0.05, 0.1) is 9.92 Å². The lowest BCUT2D eigenvalue weighted by Crippen LogP contribution is -2.36. The number of hydrogen-bond acceptors (Lipinski definition) is 3. The molecule has 1 aromatic rings. The van der Waals surface area contributed by atoms with Crippen molar-refractivity contribution in [3.05, 3.63) is 28.8 Å². The van der Waals surface area contributed by atoms with Crippen molar-refractivity contribution >= 4 is 38.8 Å². The van der Waals surface area contributed by atoms with Crippen molar-refractivity contribution in [3.63, 3.8) is 0 Å². The lowest BCUT2D eigenvalue weighted by atomic mass is 10.1. The number of sulfonamides is 1. The summed E-state index contributed by atoms with van der Waals surface area (Å²) < 4.78 is 26.9. The van der Waals surface area contributed by atoms with Crippen LogP contribution < -0.4 is 10.5 Å². The van der Waals surface area contributed by atoms with Gasteiger partial charge >= 0.3 is 0 Å². The van der Waals surface area contributed by atoms with Gasteiger partial charge in [0.2, 0.25) is 10.0 Å². The maximum Gasteiger partial charge on any atom is 0.240 e.